The van der Waals surface area contributed by atoms with Gasteiger partial charge in [-0.2, -0.15) is 0 Å². The quantitative estimate of drug-likeness (QED) is 0.0666. The molecule has 0 aliphatic carbocycles. The van der Waals surface area contributed by atoms with Crippen LogP contribution < -0.4 is 45.6 Å². The standard InChI is InChI=1S/3C24H38N2O4/c3*1-14(2)9-17-13-26-8-7-16-10-21(28-5)22(29-6)11-18(16)19(26)12-20(17)30-24(27)23(25)15(3)4/h3*10-11,14-15,17,19-20,23H,7-9,12-13,25H2,1-6H3/t3*17?,19?,20?,23-/m000/s1/i3D3,4D3,5D3,10D,11D,15D,20D,23D;2*3D3,4D3,10D,11D,15D,20D,23D. The van der Waals surface area contributed by atoms with Gasteiger partial charge < -0.3 is 59.8 Å². The Hall–Kier alpha value is -5.37. The normalized spacial score (nSPS) is 35.6. The number of carbonyl (C=O) groups excluding carboxylic acids is 3. The van der Waals surface area contributed by atoms with Crippen molar-refractivity contribution in [2.45, 2.75) is 195 Å². The van der Waals surface area contributed by atoms with Crippen LogP contribution in [0.2, 0.25) is 0 Å². The van der Waals surface area contributed by atoms with Crippen molar-refractivity contribution in [3.63, 3.8) is 0 Å². The van der Waals surface area contributed by atoms with Crippen LogP contribution >= 0.6 is 0 Å². The lowest BCUT2D eigenvalue weighted by molar-refractivity contribution is -0.161. The van der Waals surface area contributed by atoms with Crippen molar-refractivity contribution < 1.29 is 106 Å². The van der Waals surface area contributed by atoms with Crippen molar-refractivity contribution in [1.29, 1.82) is 0 Å². The number of benzene rings is 3. The molecular weight excluding hydrogens is 1140 g/mol. The van der Waals surface area contributed by atoms with Crippen LogP contribution in [-0.2, 0) is 47.9 Å². The van der Waals surface area contributed by atoms with E-state index in [1.54, 1.807) is 0 Å². The number of rotatable bonds is 21. The smallest absolute Gasteiger partial charge is 0.323 e. The predicted octanol–water partition coefficient (Wildman–Crippen LogP) is 10.7. The van der Waals surface area contributed by atoms with E-state index in [0.29, 0.717) is 74.0 Å². The van der Waals surface area contributed by atoms with E-state index in [4.69, 9.17) is 105 Å². The van der Waals surface area contributed by atoms with E-state index < -0.39 is 162 Å². The molecule has 12 atom stereocenters. The summed E-state index contributed by atoms with van der Waals surface area (Å²) >= 11 is 0. The van der Waals surface area contributed by atoms with E-state index in [1.165, 1.54) is 35.5 Å². The van der Waals surface area contributed by atoms with Crippen LogP contribution in [0.5, 0.6) is 34.5 Å². The zero-order valence-corrected chi connectivity index (χ0v) is 53.3. The second kappa shape index (κ2) is 32.5. The number of hydrogen-bond donors (Lipinski definition) is 3. The molecule has 0 amide bonds. The molecule has 0 saturated carbocycles. The van der Waals surface area contributed by atoms with Gasteiger partial charge in [-0.25, -0.2) is 0 Å². The molecule has 3 saturated heterocycles. The first-order valence-electron chi connectivity index (χ1n) is 48.1. The molecule has 90 heavy (non-hydrogen) atoms. The third-order valence-corrected chi connectivity index (χ3v) is 16.8. The zero-order chi connectivity index (χ0) is 97.0. The average Bonchev–Trinajstić information content (AvgIpc) is 0.722. The van der Waals surface area contributed by atoms with Gasteiger partial charge in [0, 0.05) is 123 Å². The number of esters is 3. The number of fused-ring (bicyclic) bond motifs is 9. The topological polar surface area (TPSA) is 222 Å². The predicted molar refractivity (Wildman–Crippen MR) is 353 cm³/mol. The molecule has 0 radical (unpaired) electrons. The second-order valence-corrected chi connectivity index (χ2v) is 24.3. The van der Waals surface area contributed by atoms with Crippen LogP contribution in [0.25, 0.3) is 0 Å². The largest absolute Gasteiger partial charge is 0.493 e. The first kappa shape index (κ1) is 36.9. The summed E-state index contributed by atoms with van der Waals surface area (Å²) in [5.41, 5.74) is 19.6. The third-order valence-electron chi connectivity index (χ3n) is 16.8. The molecule has 18 nitrogen and oxygen atoms in total. The van der Waals surface area contributed by atoms with Crippen molar-refractivity contribution in [2.24, 2.45) is 70.4 Å². The summed E-state index contributed by atoms with van der Waals surface area (Å²) in [5.74, 6) is -19.3. The number of piperidine rings is 3. The molecule has 6 aliphatic rings. The molecular formula is C72H114N6O12. The molecule has 504 valence electrons. The Morgan fingerprint density at radius 1 is 0.467 bits per heavy atom. The highest BCUT2D eigenvalue weighted by atomic mass is 16.6. The number of nitrogens with two attached hydrogens (primary N) is 3. The van der Waals surface area contributed by atoms with Crippen molar-refractivity contribution in [2.75, 3.05) is 81.9 Å². The summed E-state index contributed by atoms with van der Waals surface area (Å²) in [6.45, 7) is -8.95. The average molecular weight is 1290 g/mol. The molecule has 6 N–H and O–H groups in total. The highest BCUT2D eigenvalue weighted by Crippen LogP contribution is 2.48. The lowest BCUT2D eigenvalue weighted by Gasteiger charge is -2.47. The maximum Gasteiger partial charge on any atom is 0.323 e. The van der Waals surface area contributed by atoms with Crippen molar-refractivity contribution in [1.82, 2.24) is 14.7 Å². The molecule has 18 heteroatoms. The summed E-state index contributed by atoms with van der Waals surface area (Å²) in [4.78, 5) is 46.3. The second-order valence-electron chi connectivity index (χ2n) is 24.3. The fourth-order valence-electron chi connectivity index (χ4n) is 12.7. The minimum atomic E-state index is -3.81. The summed E-state index contributed by atoms with van der Waals surface area (Å²) in [6.07, 6.45) is -5.17. The molecule has 6 aliphatic heterocycles. The molecule has 3 aromatic carbocycles. The molecule has 0 aromatic heterocycles. The van der Waals surface area contributed by atoms with Crippen molar-refractivity contribution in [3.05, 3.63) is 69.6 Å². The minimum absolute atomic E-state index is 0.0260. The first-order chi connectivity index (χ1) is 56.9. The van der Waals surface area contributed by atoms with Crippen LogP contribution in [0.3, 0.4) is 0 Å². The Bertz CT molecular complexity index is 4260. The lowest BCUT2D eigenvalue weighted by Crippen LogP contribution is -2.51. The fourth-order valence-corrected chi connectivity index (χ4v) is 12.7. The van der Waals surface area contributed by atoms with Gasteiger partial charge in [-0.05, 0) is 144 Å². The SMILES string of the molecule is [2H]c1c2c(c([2H])c(OC)c1OC([2H])([2H])[2H])C1CC([2H])(OC(=O)[C@@]([2H])(N)C([2H])(C([2H])([2H])[2H])C([2H])([2H])[2H])C(CC(C)C)CN1CC2.[2H]c1c2c(c([2H])c(OC)c1OC)C1CC([2H])(OC(=O)[C@@]([2H])(N)C([2H])(C([2H])([2H])[2H])C([2H])([2H])[2H])C(CC(C)C)CN1CC2.[2H]c1c2c(c([2H])c(OC)c1OC)C1CC([2H])(OC(=O)[C@@]([2H])(N)C([2H])(C([2H])([2H])[2H])C([2H])([2H])[2H])C(CC(C)C)CN1CC2. The molecule has 9 unspecified atom stereocenters. The van der Waals surface area contributed by atoms with Gasteiger partial charge in [-0.3, -0.25) is 29.1 Å². The Kier molecular flexibility index (Phi) is 13.3. The van der Waals surface area contributed by atoms with Gasteiger partial charge in [0.2, 0.25) is 0 Å². The number of ether oxygens (including phenoxy) is 9. The third kappa shape index (κ3) is 17.5. The molecule has 6 heterocycles. The molecule has 0 spiro atoms. The summed E-state index contributed by atoms with van der Waals surface area (Å²) in [5, 5.41) is 0. The van der Waals surface area contributed by atoms with Crippen LogP contribution in [0.1, 0.15) is 222 Å². The fraction of sp³-hybridized carbons (Fsp3) is 0.708. The van der Waals surface area contributed by atoms with Crippen molar-refractivity contribution in [3.8, 4) is 34.5 Å². The molecule has 3 aromatic rings. The van der Waals surface area contributed by atoms with Crippen LogP contribution in [0.15, 0.2) is 36.3 Å². The van der Waals surface area contributed by atoms with Gasteiger partial charge in [0.05, 0.1) is 63.1 Å². The zero-order valence-electron chi connectivity index (χ0n) is 89.3. The highest BCUT2D eigenvalue weighted by molar-refractivity contribution is 5.77. The Labute approximate surface area is 590 Å². The van der Waals surface area contributed by atoms with Crippen LogP contribution in [0.4, 0.5) is 0 Å². The van der Waals surface area contributed by atoms with Crippen molar-refractivity contribution >= 4 is 17.9 Å². The first-order valence-corrected chi connectivity index (χ1v) is 30.1. The molecule has 9 rings (SSSR count). The number of methoxy groups -OCH3 is 6. The Morgan fingerprint density at radius 2 is 0.722 bits per heavy atom. The van der Waals surface area contributed by atoms with E-state index in [-0.39, 0.29) is 139 Å². The van der Waals surface area contributed by atoms with E-state index in [9.17, 15) is 18.5 Å². The summed E-state index contributed by atoms with van der Waals surface area (Å²) in [7, 11) is 3.67. The van der Waals surface area contributed by atoms with Gasteiger partial charge in [-0.15, -0.1) is 0 Å². The summed E-state index contributed by atoms with van der Waals surface area (Å²) < 4.78 is 340. The number of hydrogen-bond acceptors (Lipinski definition) is 18. The van der Waals surface area contributed by atoms with Gasteiger partial charge in [0.1, 0.15) is 36.3 Å². The Balaban J connectivity index is 0.000000260. The summed E-state index contributed by atoms with van der Waals surface area (Å²) in [6, 6.07) is -13.7. The maximum atomic E-state index is 13.5. The number of nitrogens with zero attached hydrogens (tertiary/aromatic N) is 3. The highest BCUT2D eigenvalue weighted by Gasteiger charge is 2.45. The maximum absolute atomic E-state index is 13.5. The molecule has 0 bridgehead atoms. The van der Waals surface area contributed by atoms with E-state index >= 15 is 0 Å². The van der Waals surface area contributed by atoms with E-state index in [0.717, 1.165) is 0 Å². The minimum Gasteiger partial charge on any atom is -0.493 e. The van der Waals surface area contributed by atoms with E-state index in [1.807, 2.05) is 56.2 Å². The lowest BCUT2D eigenvalue weighted by atomic mass is 9.79. The van der Waals surface area contributed by atoms with Gasteiger partial charge >= 0.3 is 17.9 Å². The van der Waals surface area contributed by atoms with E-state index in [2.05, 4.69) is 0 Å². The van der Waals surface area contributed by atoms with Gasteiger partial charge in [-0.1, -0.05) is 82.7 Å². The molecule has 3 fully saturated rings. The van der Waals surface area contributed by atoms with Gasteiger partial charge in [0.25, 0.3) is 0 Å². The Morgan fingerprint density at radius 3 is 0.956 bits per heavy atom. The van der Waals surface area contributed by atoms with Gasteiger partial charge in [0.15, 0.2) is 34.5 Å². The number of carbonyl (C=O) groups is 3. The monoisotopic (exact) mass is 1290 g/mol. The van der Waals surface area contributed by atoms with Crippen LogP contribution in [0, 0.1) is 53.2 Å². The van der Waals surface area contributed by atoms with Crippen LogP contribution in [-0.4, -0.2) is 151 Å².